The molecule has 0 atom stereocenters. The number of furan rings is 1. The molecule has 0 fully saturated rings. The maximum Gasteiger partial charge on any atom is 0.308 e. The van der Waals surface area contributed by atoms with E-state index in [0.717, 1.165) is 0 Å². The van der Waals surface area contributed by atoms with Crippen LogP contribution in [-0.2, 0) is 4.79 Å². The Hall–Kier alpha value is -4.19. The number of hydrogen-bond acceptors (Lipinski definition) is 5. The van der Waals surface area contributed by atoms with Gasteiger partial charge in [-0.2, -0.15) is 0 Å². The van der Waals surface area contributed by atoms with E-state index in [1.54, 1.807) is 60.7 Å². The first-order chi connectivity index (χ1) is 14.5. The summed E-state index contributed by atoms with van der Waals surface area (Å²) in [7, 11) is 0. The van der Waals surface area contributed by atoms with Crippen LogP contribution >= 0.6 is 0 Å². The van der Waals surface area contributed by atoms with Gasteiger partial charge in [-0.05, 0) is 24.3 Å². The van der Waals surface area contributed by atoms with Crippen LogP contribution in [0.5, 0.6) is 5.75 Å². The van der Waals surface area contributed by atoms with Crippen molar-refractivity contribution < 1.29 is 23.5 Å². The van der Waals surface area contributed by atoms with E-state index in [0.29, 0.717) is 16.5 Å². The second kappa shape index (κ2) is 8.05. The highest BCUT2D eigenvalue weighted by atomic mass is 16.5. The standard InChI is InChI=1S/C24H17NO5/c1-15(26)29-20-14-8-6-12-18(20)24(28)25-21-17-11-5-7-13-19(17)30-23(21)22(27)16-9-3-2-4-10-16/h2-14H,1H3,(H,25,28). The molecule has 1 aromatic heterocycles. The molecular weight excluding hydrogens is 382 g/mol. The molecule has 0 saturated heterocycles. The number of benzene rings is 3. The number of para-hydroxylation sites is 2. The van der Waals surface area contributed by atoms with E-state index >= 15 is 0 Å². The minimum atomic E-state index is -0.538. The highest BCUT2D eigenvalue weighted by Gasteiger charge is 2.24. The number of carbonyl (C=O) groups excluding carboxylic acids is 3. The van der Waals surface area contributed by atoms with Gasteiger partial charge in [0.2, 0.25) is 5.78 Å². The van der Waals surface area contributed by atoms with E-state index < -0.39 is 11.9 Å². The fourth-order valence-corrected chi connectivity index (χ4v) is 3.13. The number of ether oxygens (including phenoxy) is 1. The number of ketones is 1. The van der Waals surface area contributed by atoms with Crippen LogP contribution in [0.2, 0.25) is 0 Å². The average Bonchev–Trinajstić information content (AvgIpc) is 3.12. The molecule has 0 aliphatic rings. The van der Waals surface area contributed by atoms with Crippen molar-refractivity contribution in [1.29, 1.82) is 0 Å². The number of carbonyl (C=O) groups is 3. The van der Waals surface area contributed by atoms with Crippen molar-refractivity contribution in [2.45, 2.75) is 6.92 Å². The lowest BCUT2D eigenvalue weighted by molar-refractivity contribution is -0.131. The van der Waals surface area contributed by atoms with Crippen LogP contribution in [0.4, 0.5) is 5.69 Å². The number of anilines is 1. The summed E-state index contributed by atoms with van der Waals surface area (Å²) in [5.41, 5.74) is 1.34. The lowest BCUT2D eigenvalue weighted by Gasteiger charge is -2.10. The van der Waals surface area contributed by atoms with Crippen molar-refractivity contribution >= 4 is 34.3 Å². The molecule has 1 N–H and O–H groups in total. The third-order valence-corrected chi connectivity index (χ3v) is 4.46. The van der Waals surface area contributed by atoms with E-state index in [4.69, 9.17) is 9.15 Å². The number of nitrogens with one attached hydrogen (secondary N) is 1. The summed E-state index contributed by atoms with van der Waals surface area (Å²) >= 11 is 0. The molecule has 1 heterocycles. The molecular formula is C24H17NO5. The zero-order chi connectivity index (χ0) is 21.1. The Morgan fingerprint density at radius 1 is 0.833 bits per heavy atom. The van der Waals surface area contributed by atoms with Gasteiger partial charge in [-0.3, -0.25) is 14.4 Å². The molecule has 6 nitrogen and oxygen atoms in total. The number of amides is 1. The number of fused-ring (bicyclic) bond motifs is 1. The normalized spacial score (nSPS) is 10.6. The second-order valence-corrected chi connectivity index (χ2v) is 6.54. The highest BCUT2D eigenvalue weighted by molar-refractivity contribution is 6.19. The summed E-state index contributed by atoms with van der Waals surface area (Å²) in [5.74, 6) is -1.26. The zero-order valence-corrected chi connectivity index (χ0v) is 16.0. The first kappa shape index (κ1) is 19.1. The molecule has 0 aliphatic heterocycles. The summed E-state index contributed by atoms with van der Waals surface area (Å²) in [4.78, 5) is 37.4. The Morgan fingerprint density at radius 3 is 2.27 bits per heavy atom. The lowest BCUT2D eigenvalue weighted by Crippen LogP contribution is -2.16. The Bertz CT molecular complexity index is 1260. The van der Waals surface area contributed by atoms with E-state index in [9.17, 15) is 14.4 Å². The minimum Gasteiger partial charge on any atom is -0.450 e. The molecule has 0 bridgehead atoms. The van der Waals surface area contributed by atoms with Gasteiger partial charge in [-0.25, -0.2) is 0 Å². The number of rotatable bonds is 5. The van der Waals surface area contributed by atoms with Crippen molar-refractivity contribution in [2.24, 2.45) is 0 Å². The summed E-state index contributed by atoms with van der Waals surface area (Å²) < 4.78 is 10.9. The summed E-state index contributed by atoms with van der Waals surface area (Å²) in [6, 6.07) is 22.1. The molecule has 3 aromatic carbocycles. The van der Waals surface area contributed by atoms with Crippen molar-refractivity contribution in [2.75, 3.05) is 5.32 Å². The molecule has 1 amide bonds. The Kier molecular flexibility index (Phi) is 5.13. The molecule has 4 rings (SSSR count). The molecule has 30 heavy (non-hydrogen) atoms. The fraction of sp³-hybridized carbons (Fsp3) is 0.0417. The highest BCUT2D eigenvalue weighted by Crippen LogP contribution is 2.33. The predicted octanol–water partition coefficient (Wildman–Crippen LogP) is 4.84. The van der Waals surface area contributed by atoms with Crippen LogP contribution in [-0.4, -0.2) is 17.7 Å². The third-order valence-electron chi connectivity index (χ3n) is 4.46. The molecule has 6 heteroatoms. The molecule has 148 valence electrons. The van der Waals surface area contributed by atoms with Gasteiger partial charge in [0, 0.05) is 17.9 Å². The number of esters is 1. The van der Waals surface area contributed by atoms with Crippen LogP contribution in [0.3, 0.4) is 0 Å². The van der Waals surface area contributed by atoms with Gasteiger partial charge in [0.15, 0.2) is 5.76 Å². The number of hydrogen-bond donors (Lipinski definition) is 1. The third kappa shape index (κ3) is 3.71. The van der Waals surface area contributed by atoms with Gasteiger partial charge in [-0.1, -0.05) is 54.6 Å². The summed E-state index contributed by atoms with van der Waals surface area (Å²) in [6.07, 6.45) is 0. The van der Waals surface area contributed by atoms with Crippen molar-refractivity contribution in [1.82, 2.24) is 0 Å². The lowest BCUT2D eigenvalue weighted by atomic mass is 10.1. The molecule has 0 spiro atoms. The topological polar surface area (TPSA) is 85.6 Å². The average molecular weight is 399 g/mol. The SMILES string of the molecule is CC(=O)Oc1ccccc1C(=O)Nc1c(C(=O)c2ccccc2)oc2ccccc12. The first-order valence-corrected chi connectivity index (χ1v) is 9.24. The largest absolute Gasteiger partial charge is 0.450 e. The molecule has 4 aromatic rings. The van der Waals surface area contributed by atoms with Gasteiger partial charge < -0.3 is 14.5 Å². The fourth-order valence-electron chi connectivity index (χ4n) is 3.13. The van der Waals surface area contributed by atoms with Crippen LogP contribution in [0, 0.1) is 0 Å². The van der Waals surface area contributed by atoms with E-state index in [2.05, 4.69) is 5.32 Å². The van der Waals surface area contributed by atoms with Gasteiger partial charge in [-0.15, -0.1) is 0 Å². The van der Waals surface area contributed by atoms with Crippen molar-refractivity contribution in [3.05, 3.63) is 95.7 Å². The van der Waals surface area contributed by atoms with Crippen molar-refractivity contribution in [3.8, 4) is 5.75 Å². The maximum absolute atomic E-state index is 13.1. The zero-order valence-electron chi connectivity index (χ0n) is 16.0. The van der Waals surface area contributed by atoms with E-state index in [-0.39, 0.29) is 28.5 Å². The minimum absolute atomic E-state index is 0.0284. The summed E-state index contributed by atoms with van der Waals surface area (Å²) in [5, 5.41) is 3.36. The van der Waals surface area contributed by atoms with Crippen LogP contribution < -0.4 is 10.1 Å². The monoisotopic (exact) mass is 399 g/mol. The van der Waals surface area contributed by atoms with Crippen molar-refractivity contribution in [3.63, 3.8) is 0 Å². The molecule has 0 unspecified atom stereocenters. The van der Waals surface area contributed by atoms with Crippen LogP contribution in [0.25, 0.3) is 11.0 Å². The van der Waals surface area contributed by atoms with E-state index in [1.165, 1.54) is 19.1 Å². The van der Waals surface area contributed by atoms with Gasteiger partial charge >= 0.3 is 5.97 Å². The van der Waals surface area contributed by atoms with Gasteiger partial charge in [0.05, 0.1) is 11.3 Å². The molecule has 0 radical (unpaired) electrons. The smallest absolute Gasteiger partial charge is 0.308 e. The quantitative estimate of drug-likeness (QED) is 0.295. The van der Waals surface area contributed by atoms with E-state index in [1.807, 2.05) is 6.07 Å². The molecule has 0 aliphatic carbocycles. The molecule has 0 saturated carbocycles. The van der Waals surface area contributed by atoms with Crippen LogP contribution in [0.1, 0.15) is 33.4 Å². The first-order valence-electron chi connectivity index (χ1n) is 9.24. The second-order valence-electron chi connectivity index (χ2n) is 6.54. The maximum atomic E-state index is 13.1. The van der Waals surface area contributed by atoms with Crippen LogP contribution in [0.15, 0.2) is 83.3 Å². The predicted molar refractivity (Wildman–Crippen MR) is 112 cm³/mol. The Labute approximate surface area is 172 Å². The van der Waals surface area contributed by atoms with Gasteiger partial charge in [0.1, 0.15) is 11.3 Å². The van der Waals surface area contributed by atoms with Gasteiger partial charge in [0.25, 0.3) is 5.91 Å². The summed E-state index contributed by atoms with van der Waals surface area (Å²) in [6.45, 7) is 1.26. The Balaban J connectivity index is 1.77. The Morgan fingerprint density at radius 2 is 1.50 bits per heavy atom.